The first kappa shape index (κ1) is 9.65. The van der Waals surface area contributed by atoms with E-state index in [2.05, 4.69) is 4.98 Å². The fourth-order valence-corrected chi connectivity index (χ4v) is 1.46. The van der Waals surface area contributed by atoms with E-state index in [1.54, 1.807) is 25.2 Å². The smallest absolute Gasteiger partial charge is 0.253 e. The number of rotatable bonds is 1. The zero-order valence-corrected chi connectivity index (χ0v) is 8.77. The summed E-state index contributed by atoms with van der Waals surface area (Å²) in [5.41, 5.74) is 1.52. The van der Waals surface area contributed by atoms with E-state index in [1.165, 1.54) is 0 Å². The monoisotopic (exact) mass is 200 g/mol. The minimum Gasteiger partial charge on any atom is -0.345 e. The van der Waals surface area contributed by atoms with E-state index in [4.69, 9.17) is 0 Å². The zero-order chi connectivity index (χ0) is 10.8. The highest BCUT2D eigenvalue weighted by molar-refractivity contribution is 5.97. The predicted octanol–water partition coefficient (Wildman–Crippen LogP) is 1.94. The van der Waals surface area contributed by atoms with Crippen molar-refractivity contribution >= 4 is 16.8 Å². The maximum Gasteiger partial charge on any atom is 0.253 e. The molecule has 3 heteroatoms. The molecule has 2 rings (SSSR count). The van der Waals surface area contributed by atoms with Crippen molar-refractivity contribution in [2.75, 3.05) is 14.1 Å². The second-order valence-electron chi connectivity index (χ2n) is 3.61. The van der Waals surface area contributed by atoms with E-state index in [-0.39, 0.29) is 5.91 Å². The number of hydrogen-bond donors (Lipinski definition) is 0. The van der Waals surface area contributed by atoms with Crippen LogP contribution >= 0.6 is 0 Å². The lowest BCUT2D eigenvalue weighted by Gasteiger charge is -2.10. The van der Waals surface area contributed by atoms with E-state index >= 15 is 0 Å². The molecule has 0 N–H and O–H groups in total. The van der Waals surface area contributed by atoms with Gasteiger partial charge in [-0.2, -0.15) is 0 Å². The number of nitrogens with zero attached hydrogens (tertiary/aromatic N) is 2. The Morgan fingerprint density at radius 1 is 1.27 bits per heavy atom. The Balaban J connectivity index is 2.52. The van der Waals surface area contributed by atoms with Crippen LogP contribution in [-0.4, -0.2) is 29.9 Å². The molecule has 1 aromatic carbocycles. The molecule has 0 aliphatic heterocycles. The molecule has 3 nitrogen and oxygen atoms in total. The van der Waals surface area contributed by atoms with Crippen LogP contribution in [0, 0.1) is 0 Å². The van der Waals surface area contributed by atoms with Crippen molar-refractivity contribution in [1.29, 1.82) is 0 Å². The van der Waals surface area contributed by atoms with Crippen LogP contribution in [-0.2, 0) is 0 Å². The Kier molecular flexibility index (Phi) is 2.37. The molecule has 0 atom stereocenters. The molecule has 1 heterocycles. The Bertz CT molecular complexity index is 506. The summed E-state index contributed by atoms with van der Waals surface area (Å²) < 4.78 is 0. The summed E-state index contributed by atoms with van der Waals surface area (Å²) in [5, 5.41) is 1.05. The van der Waals surface area contributed by atoms with Gasteiger partial charge in [0.25, 0.3) is 5.91 Å². The van der Waals surface area contributed by atoms with Gasteiger partial charge in [0.05, 0.1) is 5.52 Å². The second kappa shape index (κ2) is 3.69. The normalized spacial score (nSPS) is 10.3. The van der Waals surface area contributed by atoms with Crippen molar-refractivity contribution in [3.63, 3.8) is 0 Å². The molecule has 0 saturated heterocycles. The molecule has 0 spiro atoms. The van der Waals surface area contributed by atoms with Crippen LogP contribution in [0.5, 0.6) is 0 Å². The number of carbonyl (C=O) groups excluding carboxylic acids is 1. The fourth-order valence-electron chi connectivity index (χ4n) is 1.46. The Labute approximate surface area is 88.3 Å². The van der Waals surface area contributed by atoms with Crippen molar-refractivity contribution in [2.45, 2.75) is 0 Å². The van der Waals surface area contributed by atoms with Crippen LogP contribution in [0.4, 0.5) is 0 Å². The molecular formula is C12H12N2O. The van der Waals surface area contributed by atoms with Gasteiger partial charge in [0.1, 0.15) is 0 Å². The lowest BCUT2D eigenvalue weighted by atomic mass is 10.1. The van der Waals surface area contributed by atoms with Crippen molar-refractivity contribution in [3.05, 3.63) is 42.1 Å². The molecule has 0 aliphatic rings. The minimum absolute atomic E-state index is 0.00236. The summed E-state index contributed by atoms with van der Waals surface area (Å²) in [6, 6.07) is 9.42. The van der Waals surface area contributed by atoms with Gasteiger partial charge in [-0.05, 0) is 18.2 Å². The molecule has 0 aliphatic carbocycles. The largest absolute Gasteiger partial charge is 0.345 e. The topological polar surface area (TPSA) is 33.2 Å². The molecule has 1 aromatic heterocycles. The van der Waals surface area contributed by atoms with Gasteiger partial charge in [-0.3, -0.25) is 9.78 Å². The number of amides is 1. The van der Waals surface area contributed by atoms with Crippen molar-refractivity contribution < 1.29 is 4.79 Å². The second-order valence-corrected chi connectivity index (χ2v) is 3.61. The van der Waals surface area contributed by atoms with Crippen molar-refractivity contribution in [3.8, 4) is 0 Å². The molecule has 1 amide bonds. The first-order valence-electron chi connectivity index (χ1n) is 4.75. The van der Waals surface area contributed by atoms with Crippen LogP contribution < -0.4 is 0 Å². The van der Waals surface area contributed by atoms with Crippen LogP contribution in [0.1, 0.15) is 10.4 Å². The molecule has 0 radical (unpaired) electrons. The average Bonchev–Trinajstić information content (AvgIpc) is 2.27. The summed E-state index contributed by atoms with van der Waals surface area (Å²) in [6.45, 7) is 0. The van der Waals surface area contributed by atoms with Gasteiger partial charge in [0, 0.05) is 31.2 Å². The van der Waals surface area contributed by atoms with Gasteiger partial charge in [-0.25, -0.2) is 0 Å². The summed E-state index contributed by atoms with van der Waals surface area (Å²) in [4.78, 5) is 17.5. The minimum atomic E-state index is 0.00236. The van der Waals surface area contributed by atoms with Crippen LogP contribution in [0.25, 0.3) is 10.9 Å². The fraction of sp³-hybridized carbons (Fsp3) is 0.167. The van der Waals surface area contributed by atoms with Gasteiger partial charge >= 0.3 is 0 Å². The van der Waals surface area contributed by atoms with Gasteiger partial charge in [-0.15, -0.1) is 0 Å². The number of hydrogen-bond acceptors (Lipinski definition) is 2. The van der Waals surface area contributed by atoms with Crippen molar-refractivity contribution in [2.24, 2.45) is 0 Å². The first-order valence-corrected chi connectivity index (χ1v) is 4.75. The number of pyridine rings is 1. The standard InChI is InChI=1S/C12H12N2O/c1-14(2)12(15)10-6-5-9-4-3-7-13-11(9)8-10/h3-8H,1-2H3. The third-order valence-electron chi connectivity index (χ3n) is 2.26. The molecule has 0 saturated carbocycles. The Morgan fingerprint density at radius 2 is 2.07 bits per heavy atom. The summed E-state index contributed by atoms with van der Waals surface area (Å²) >= 11 is 0. The highest BCUT2D eigenvalue weighted by atomic mass is 16.2. The molecule has 0 fully saturated rings. The van der Waals surface area contributed by atoms with E-state index in [0.717, 1.165) is 10.9 Å². The number of fused-ring (bicyclic) bond motifs is 1. The number of benzene rings is 1. The number of aromatic nitrogens is 1. The van der Waals surface area contributed by atoms with E-state index < -0.39 is 0 Å². The van der Waals surface area contributed by atoms with E-state index in [0.29, 0.717) is 5.56 Å². The summed E-state index contributed by atoms with van der Waals surface area (Å²) in [7, 11) is 3.48. The Morgan fingerprint density at radius 3 is 2.80 bits per heavy atom. The molecule has 0 unspecified atom stereocenters. The van der Waals surface area contributed by atoms with E-state index in [9.17, 15) is 4.79 Å². The molecule has 76 valence electrons. The van der Waals surface area contributed by atoms with Crippen LogP contribution in [0.3, 0.4) is 0 Å². The molecular weight excluding hydrogens is 188 g/mol. The SMILES string of the molecule is CN(C)C(=O)c1ccc2cccnc2c1. The highest BCUT2D eigenvalue weighted by Gasteiger charge is 2.07. The lowest BCUT2D eigenvalue weighted by Crippen LogP contribution is -2.21. The summed E-state index contributed by atoms with van der Waals surface area (Å²) in [6.07, 6.45) is 1.73. The third kappa shape index (κ3) is 1.81. The molecule has 0 bridgehead atoms. The van der Waals surface area contributed by atoms with Crippen LogP contribution in [0.15, 0.2) is 36.5 Å². The third-order valence-corrected chi connectivity index (χ3v) is 2.26. The van der Waals surface area contributed by atoms with E-state index in [1.807, 2.05) is 30.3 Å². The van der Waals surface area contributed by atoms with Crippen LogP contribution in [0.2, 0.25) is 0 Å². The Hall–Kier alpha value is -1.90. The quantitative estimate of drug-likeness (QED) is 0.704. The number of carbonyl (C=O) groups is 1. The summed E-state index contributed by atoms with van der Waals surface area (Å²) in [5.74, 6) is 0.00236. The van der Waals surface area contributed by atoms with Crippen molar-refractivity contribution in [1.82, 2.24) is 9.88 Å². The zero-order valence-electron chi connectivity index (χ0n) is 8.77. The average molecular weight is 200 g/mol. The highest BCUT2D eigenvalue weighted by Crippen LogP contribution is 2.13. The van der Waals surface area contributed by atoms with Gasteiger partial charge in [0.15, 0.2) is 0 Å². The van der Waals surface area contributed by atoms with Gasteiger partial charge in [0.2, 0.25) is 0 Å². The maximum atomic E-state index is 11.7. The maximum absolute atomic E-state index is 11.7. The predicted molar refractivity (Wildman–Crippen MR) is 59.8 cm³/mol. The van der Waals surface area contributed by atoms with Gasteiger partial charge < -0.3 is 4.90 Å². The molecule has 15 heavy (non-hydrogen) atoms. The van der Waals surface area contributed by atoms with Gasteiger partial charge in [-0.1, -0.05) is 12.1 Å². The molecule has 2 aromatic rings. The lowest BCUT2D eigenvalue weighted by molar-refractivity contribution is 0.0828. The first-order chi connectivity index (χ1) is 7.18.